The van der Waals surface area contributed by atoms with E-state index in [4.69, 9.17) is 16.7 Å². The highest BCUT2D eigenvalue weighted by Gasteiger charge is 2.11. The number of aliphatic carboxylic acids is 1. The van der Waals surface area contributed by atoms with Crippen molar-refractivity contribution in [2.24, 2.45) is 0 Å². The maximum absolute atomic E-state index is 11.4. The van der Waals surface area contributed by atoms with Crippen LogP contribution in [0, 0.1) is 0 Å². The molecule has 0 aliphatic rings. The smallest absolute Gasteiger partial charge is 0.320 e. The minimum absolute atomic E-state index is 0.0695. The number of nitrogens with one attached hydrogen (secondary N) is 2. The summed E-state index contributed by atoms with van der Waals surface area (Å²) in [7, 11) is 0. The maximum atomic E-state index is 11.4. The Morgan fingerprint density at radius 2 is 2.18 bits per heavy atom. The summed E-state index contributed by atoms with van der Waals surface area (Å²) in [5.41, 5.74) is 0.576. The van der Waals surface area contributed by atoms with Crippen LogP contribution in [-0.2, 0) is 9.59 Å². The summed E-state index contributed by atoms with van der Waals surface area (Å²) in [4.78, 5) is 21.9. The molecule has 92 valence electrons. The van der Waals surface area contributed by atoms with Crippen LogP contribution in [0.4, 0.5) is 5.69 Å². The minimum atomic E-state index is -0.999. The summed E-state index contributed by atoms with van der Waals surface area (Å²) in [6, 6.07) is 5.96. The van der Waals surface area contributed by atoms with Crippen molar-refractivity contribution in [1.29, 1.82) is 0 Å². The summed E-state index contributed by atoms with van der Waals surface area (Å²) < 4.78 is 0. The lowest BCUT2D eigenvalue weighted by atomic mass is 10.3. The summed E-state index contributed by atoms with van der Waals surface area (Å²) in [6.07, 6.45) is 0. The second-order valence-electron chi connectivity index (χ2n) is 3.50. The quantitative estimate of drug-likeness (QED) is 0.743. The molecule has 1 atom stereocenters. The first-order valence-electron chi connectivity index (χ1n) is 5.00. The number of carbonyl (C=O) groups is 2. The minimum Gasteiger partial charge on any atom is -0.480 e. The number of anilines is 1. The molecule has 5 nitrogen and oxygen atoms in total. The summed E-state index contributed by atoms with van der Waals surface area (Å²) in [6.45, 7) is 1.40. The fraction of sp³-hybridized carbons (Fsp3) is 0.273. The van der Waals surface area contributed by atoms with E-state index >= 15 is 0 Å². The predicted octanol–water partition coefficient (Wildman–Crippen LogP) is 1.34. The highest BCUT2D eigenvalue weighted by atomic mass is 35.5. The fourth-order valence-electron chi connectivity index (χ4n) is 1.10. The Labute approximate surface area is 104 Å². The number of carboxylic acid groups (broad SMARTS) is 1. The third kappa shape index (κ3) is 4.84. The molecule has 0 radical (unpaired) electrons. The van der Waals surface area contributed by atoms with Gasteiger partial charge in [0, 0.05) is 10.7 Å². The zero-order valence-electron chi connectivity index (χ0n) is 9.24. The lowest BCUT2D eigenvalue weighted by molar-refractivity contribution is -0.139. The van der Waals surface area contributed by atoms with Crippen LogP contribution in [0.15, 0.2) is 24.3 Å². The molecule has 0 bridgehead atoms. The molecule has 0 aliphatic heterocycles. The fourth-order valence-corrected chi connectivity index (χ4v) is 1.29. The largest absolute Gasteiger partial charge is 0.480 e. The Kier molecular flexibility index (Phi) is 4.93. The molecular weight excluding hydrogens is 244 g/mol. The topological polar surface area (TPSA) is 78.4 Å². The summed E-state index contributed by atoms with van der Waals surface area (Å²) in [5.74, 6) is -1.32. The molecule has 0 saturated carbocycles. The SMILES string of the molecule is CC(NCC(=O)Nc1cccc(Cl)c1)C(=O)O. The number of hydrogen-bond acceptors (Lipinski definition) is 3. The van der Waals surface area contributed by atoms with E-state index in [2.05, 4.69) is 10.6 Å². The van der Waals surface area contributed by atoms with Gasteiger partial charge in [-0.2, -0.15) is 0 Å². The van der Waals surface area contributed by atoms with Crippen LogP contribution in [-0.4, -0.2) is 29.6 Å². The van der Waals surface area contributed by atoms with Crippen LogP contribution in [0.1, 0.15) is 6.92 Å². The molecule has 0 heterocycles. The highest BCUT2D eigenvalue weighted by molar-refractivity contribution is 6.30. The van der Waals surface area contributed by atoms with Gasteiger partial charge in [-0.3, -0.25) is 14.9 Å². The van der Waals surface area contributed by atoms with Crippen LogP contribution < -0.4 is 10.6 Å². The lowest BCUT2D eigenvalue weighted by Crippen LogP contribution is -2.39. The van der Waals surface area contributed by atoms with Gasteiger partial charge in [0.05, 0.1) is 6.54 Å². The first-order valence-corrected chi connectivity index (χ1v) is 5.38. The van der Waals surface area contributed by atoms with E-state index in [1.54, 1.807) is 24.3 Å². The lowest BCUT2D eigenvalue weighted by Gasteiger charge is -2.09. The average molecular weight is 257 g/mol. The van der Waals surface area contributed by atoms with Gasteiger partial charge in [-0.05, 0) is 25.1 Å². The third-order valence-corrected chi connectivity index (χ3v) is 2.28. The van der Waals surface area contributed by atoms with E-state index in [0.29, 0.717) is 10.7 Å². The van der Waals surface area contributed by atoms with Crippen molar-refractivity contribution >= 4 is 29.2 Å². The van der Waals surface area contributed by atoms with E-state index in [9.17, 15) is 9.59 Å². The van der Waals surface area contributed by atoms with Gasteiger partial charge < -0.3 is 10.4 Å². The number of carboxylic acids is 1. The highest BCUT2D eigenvalue weighted by Crippen LogP contribution is 2.14. The van der Waals surface area contributed by atoms with Gasteiger partial charge in [-0.15, -0.1) is 0 Å². The predicted molar refractivity (Wildman–Crippen MR) is 65.2 cm³/mol. The third-order valence-electron chi connectivity index (χ3n) is 2.05. The van der Waals surface area contributed by atoms with Gasteiger partial charge in [-0.25, -0.2) is 0 Å². The van der Waals surface area contributed by atoms with Gasteiger partial charge in [-0.1, -0.05) is 17.7 Å². The summed E-state index contributed by atoms with van der Waals surface area (Å²) in [5, 5.41) is 14.3. The van der Waals surface area contributed by atoms with E-state index in [1.165, 1.54) is 6.92 Å². The second kappa shape index (κ2) is 6.22. The Morgan fingerprint density at radius 1 is 1.47 bits per heavy atom. The van der Waals surface area contributed by atoms with Crippen LogP contribution in [0.2, 0.25) is 5.02 Å². The molecule has 0 fully saturated rings. The van der Waals surface area contributed by atoms with Crippen molar-refractivity contribution in [2.75, 3.05) is 11.9 Å². The van der Waals surface area contributed by atoms with Crippen molar-refractivity contribution in [3.8, 4) is 0 Å². The first kappa shape index (κ1) is 13.5. The van der Waals surface area contributed by atoms with E-state index in [0.717, 1.165) is 0 Å². The van der Waals surface area contributed by atoms with Crippen molar-refractivity contribution in [1.82, 2.24) is 5.32 Å². The molecule has 0 saturated heterocycles. The molecule has 0 aromatic heterocycles. The zero-order valence-corrected chi connectivity index (χ0v) is 9.99. The molecule has 1 aromatic rings. The van der Waals surface area contributed by atoms with Crippen LogP contribution >= 0.6 is 11.6 Å². The van der Waals surface area contributed by atoms with Gasteiger partial charge in [0.15, 0.2) is 0 Å². The van der Waals surface area contributed by atoms with Crippen molar-refractivity contribution < 1.29 is 14.7 Å². The number of amides is 1. The Morgan fingerprint density at radius 3 is 2.76 bits per heavy atom. The molecule has 1 unspecified atom stereocenters. The maximum Gasteiger partial charge on any atom is 0.320 e. The van der Waals surface area contributed by atoms with Gasteiger partial charge >= 0.3 is 5.97 Å². The Bertz CT molecular complexity index is 423. The molecule has 3 N–H and O–H groups in total. The number of carbonyl (C=O) groups excluding carboxylic acids is 1. The molecule has 1 rings (SSSR count). The normalized spacial score (nSPS) is 11.9. The molecule has 1 aromatic carbocycles. The van der Waals surface area contributed by atoms with Crippen LogP contribution in [0.25, 0.3) is 0 Å². The average Bonchev–Trinajstić information content (AvgIpc) is 2.25. The molecule has 0 spiro atoms. The second-order valence-corrected chi connectivity index (χ2v) is 3.94. The summed E-state index contributed by atoms with van der Waals surface area (Å²) >= 11 is 5.75. The van der Waals surface area contributed by atoms with Gasteiger partial charge in [0.1, 0.15) is 6.04 Å². The number of benzene rings is 1. The molecule has 6 heteroatoms. The van der Waals surface area contributed by atoms with Gasteiger partial charge in [0.25, 0.3) is 0 Å². The van der Waals surface area contributed by atoms with E-state index < -0.39 is 12.0 Å². The van der Waals surface area contributed by atoms with Crippen molar-refractivity contribution in [3.63, 3.8) is 0 Å². The van der Waals surface area contributed by atoms with E-state index in [-0.39, 0.29) is 12.5 Å². The molecule has 17 heavy (non-hydrogen) atoms. The Hall–Kier alpha value is -1.59. The first-order chi connectivity index (χ1) is 7.99. The zero-order chi connectivity index (χ0) is 12.8. The number of hydrogen-bond donors (Lipinski definition) is 3. The standard InChI is InChI=1S/C11H13ClN2O3/c1-7(11(16)17)13-6-10(15)14-9-4-2-3-8(12)5-9/h2-5,7,13H,6H2,1H3,(H,14,15)(H,16,17). The number of rotatable bonds is 5. The number of halogens is 1. The van der Waals surface area contributed by atoms with E-state index in [1.807, 2.05) is 0 Å². The van der Waals surface area contributed by atoms with Crippen molar-refractivity contribution in [3.05, 3.63) is 29.3 Å². The molecular formula is C11H13ClN2O3. The van der Waals surface area contributed by atoms with Crippen LogP contribution in [0.5, 0.6) is 0 Å². The van der Waals surface area contributed by atoms with Crippen LogP contribution in [0.3, 0.4) is 0 Å². The molecule has 0 aliphatic carbocycles. The monoisotopic (exact) mass is 256 g/mol. The molecule has 1 amide bonds. The Balaban J connectivity index is 2.42. The van der Waals surface area contributed by atoms with Gasteiger partial charge in [0.2, 0.25) is 5.91 Å². The van der Waals surface area contributed by atoms with Crippen molar-refractivity contribution in [2.45, 2.75) is 13.0 Å².